The van der Waals surface area contributed by atoms with Crippen molar-refractivity contribution in [2.24, 2.45) is 11.7 Å². The maximum atomic E-state index is 8.51. The topological polar surface area (TPSA) is 49.8 Å². The molecule has 0 bridgehead atoms. The summed E-state index contributed by atoms with van der Waals surface area (Å²) in [6.07, 6.45) is 6.18. The normalized spacial score (nSPS) is 23.6. The van der Waals surface area contributed by atoms with Crippen LogP contribution in [0.5, 0.6) is 0 Å². The fraction of sp³-hybridized carbons (Fsp3) is 0.875. The number of nitrogens with zero attached hydrogens (tertiary/aromatic N) is 1. The smallest absolute Gasteiger partial charge is 0.0956 e. The summed E-state index contributed by atoms with van der Waals surface area (Å²) in [6.45, 7) is 0. The van der Waals surface area contributed by atoms with Crippen molar-refractivity contribution < 1.29 is 0 Å². The molecule has 0 saturated heterocycles. The minimum atomic E-state index is -0.208. The van der Waals surface area contributed by atoms with Gasteiger partial charge in [-0.1, -0.05) is 19.3 Å². The summed E-state index contributed by atoms with van der Waals surface area (Å²) < 4.78 is 0. The van der Waals surface area contributed by atoms with Crippen LogP contribution in [0.4, 0.5) is 0 Å². The maximum Gasteiger partial charge on any atom is 0.0956 e. The molecule has 2 heteroatoms. The number of nitrogens with two attached hydrogens (primary N) is 1. The van der Waals surface area contributed by atoms with Gasteiger partial charge in [-0.05, 0) is 18.8 Å². The van der Waals surface area contributed by atoms with Gasteiger partial charge in [-0.25, -0.2) is 0 Å². The molecule has 56 valence electrons. The lowest BCUT2D eigenvalue weighted by molar-refractivity contribution is 0.336. The molecule has 0 aromatic rings. The van der Waals surface area contributed by atoms with Gasteiger partial charge in [-0.3, -0.25) is 0 Å². The fourth-order valence-electron chi connectivity index (χ4n) is 1.60. The van der Waals surface area contributed by atoms with Crippen LogP contribution in [-0.4, -0.2) is 6.04 Å². The minimum absolute atomic E-state index is 0.208. The standard InChI is InChI=1S/C8H14N2/c9-6-8(10)7-4-2-1-3-5-7/h7-8H,1-5,10H2. The Kier molecular flexibility index (Phi) is 2.70. The second kappa shape index (κ2) is 3.58. The van der Waals surface area contributed by atoms with Crippen LogP contribution in [0.25, 0.3) is 0 Å². The molecule has 0 aromatic carbocycles. The average Bonchev–Trinajstić information content (AvgIpc) is 2.05. The lowest BCUT2D eigenvalue weighted by Crippen LogP contribution is -2.29. The van der Waals surface area contributed by atoms with E-state index in [0.717, 1.165) is 12.8 Å². The fourth-order valence-corrected chi connectivity index (χ4v) is 1.60. The molecule has 0 aliphatic heterocycles. The van der Waals surface area contributed by atoms with E-state index >= 15 is 0 Å². The SMILES string of the molecule is N#CC(N)C1CCCCC1. The molecule has 1 aliphatic rings. The first kappa shape index (κ1) is 7.56. The predicted molar refractivity (Wildman–Crippen MR) is 40.2 cm³/mol. The third-order valence-electron chi connectivity index (χ3n) is 2.31. The van der Waals surface area contributed by atoms with E-state index in [4.69, 9.17) is 11.0 Å². The zero-order valence-electron chi connectivity index (χ0n) is 6.21. The molecular weight excluding hydrogens is 124 g/mol. The first-order valence-corrected chi connectivity index (χ1v) is 4.00. The molecule has 0 heterocycles. The summed E-state index contributed by atoms with van der Waals surface area (Å²) in [6, 6.07) is 1.90. The van der Waals surface area contributed by atoms with Crippen LogP contribution in [0.3, 0.4) is 0 Å². The zero-order valence-corrected chi connectivity index (χ0v) is 6.21. The average molecular weight is 138 g/mol. The van der Waals surface area contributed by atoms with Crippen molar-refractivity contribution in [1.29, 1.82) is 5.26 Å². The highest BCUT2D eigenvalue weighted by Crippen LogP contribution is 2.25. The summed E-state index contributed by atoms with van der Waals surface area (Å²) in [7, 11) is 0. The Morgan fingerprint density at radius 1 is 1.30 bits per heavy atom. The van der Waals surface area contributed by atoms with Gasteiger partial charge in [0.2, 0.25) is 0 Å². The minimum Gasteiger partial charge on any atom is -0.316 e. The van der Waals surface area contributed by atoms with Gasteiger partial charge in [0, 0.05) is 0 Å². The van der Waals surface area contributed by atoms with E-state index in [9.17, 15) is 0 Å². The summed E-state index contributed by atoms with van der Waals surface area (Å²) in [5, 5.41) is 8.51. The monoisotopic (exact) mass is 138 g/mol. The number of nitriles is 1. The van der Waals surface area contributed by atoms with Crippen LogP contribution in [0.2, 0.25) is 0 Å². The van der Waals surface area contributed by atoms with Crippen LogP contribution in [0.15, 0.2) is 0 Å². The van der Waals surface area contributed by atoms with Crippen molar-refractivity contribution in [3.05, 3.63) is 0 Å². The summed E-state index contributed by atoms with van der Waals surface area (Å²) in [4.78, 5) is 0. The van der Waals surface area contributed by atoms with Crippen LogP contribution in [-0.2, 0) is 0 Å². The summed E-state index contributed by atoms with van der Waals surface area (Å²) >= 11 is 0. The highest BCUT2D eigenvalue weighted by atomic mass is 14.6. The van der Waals surface area contributed by atoms with Crippen LogP contribution in [0, 0.1) is 17.2 Å². The van der Waals surface area contributed by atoms with E-state index in [1.165, 1.54) is 19.3 Å². The van der Waals surface area contributed by atoms with E-state index in [2.05, 4.69) is 6.07 Å². The second-order valence-corrected chi connectivity index (χ2v) is 3.05. The van der Waals surface area contributed by atoms with Gasteiger partial charge < -0.3 is 5.73 Å². The maximum absolute atomic E-state index is 8.51. The van der Waals surface area contributed by atoms with Gasteiger partial charge in [0.1, 0.15) is 0 Å². The molecule has 0 amide bonds. The van der Waals surface area contributed by atoms with E-state index in [-0.39, 0.29) is 6.04 Å². The van der Waals surface area contributed by atoms with E-state index in [0.29, 0.717) is 5.92 Å². The van der Waals surface area contributed by atoms with Gasteiger partial charge in [0.05, 0.1) is 12.1 Å². The van der Waals surface area contributed by atoms with Crippen molar-refractivity contribution in [2.75, 3.05) is 0 Å². The Balaban J connectivity index is 2.33. The molecule has 1 saturated carbocycles. The first-order chi connectivity index (χ1) is 4.84. The summed E-state index contributed by atoms with van der Waals surface area (Å²) in [5.74, 6) is 0.485. The summed E-state index contributed by atoms with van der Waals surface area (Å²) in [5.41, 5.74) is 5.59. The predicted octanol–water partition coefficient (Wildman–Crippen LogP) is 1.42. The van der Waals surface area contributed by atoms with E-state index in [1.54, 1.807) is 0 Å². The molecule has 0 spiro atoms. The highest BCUT2D eigenvalue weighted by Gasteiger charge is 2.19. The molecule has 2 N–H and O–H groups in total. The van der Waals surface area contributed by atoms with Crippen molar-refractivity contribution in [1.82, 2.24) is 0 Å². The van der Waals surface area contributed by atoms with Crippen molar-refractivity contribution in [2.45, 2.75) is 38.1 Å². The van der Waals surface area contributed by atoms with E-state index in [1.807, 2.05) is 0 Å². The Morgan fingerprint density at radius 2 is 1.90 bits per heavy atom. The highest BCUT2D eigenvalue weighted by molar-refractivity contribution is 4.92. The third-order valence-corrected chi connectivity index (χ3v) is 2.31. The lowest BCUT2D eigenvalue weighted by atomic mass is 9.85. The molecule has 2 nitrogen and oxygen atoms in total. The molecule has 1 rings (SSSR count). The van der Waals surface area contributed by atoms with Gasteiger partial charge in [0.25, 0.3) is 0 Å². The van der Waals surface area contributed by atoms with E-state index < -0.39 is 0 Å². The van der Waals surface area contributed by atoms with Gasteiger partial charge in [-0.15, -0.1) is 0 Å². The first-order valence-electron chi connectivity index (χ1n) is 4.00. The largest absolute Gasteiger partial charge is 0.316 e. The Morgan fingerprint density at radius 3 is 2.40 bits per heavy atom. The van der Waals surface area contributed by atoms with Crippen molar-refractivity contribution >= 4 is 0 Å². The number of hydrogen-bond donors (Lipinski definition) is 1. The molecule has 0 aromatic heterocycles. The number of rotatable bonds is 1. The van der Waals surface area contributed by atoms with Gasteiger partial charge >= 0.3 is 0 Å². The molecular formula is C8H14N2. The Hall–Kier alpha value is -0.550. The Bertz CT molecular complexity index is 131. The van der Waals surface area contributed by atoms with Gasteiger partial charge in [0.15, 0.2) is 0 Å². The third kappa shape index (κ3) is 1.71. The molecule has 10 heavy (non-hydrogen) atoms. The number of hydrogen-bond acceptors (Lipinski definition) is 2. The molecule has 1 fully saturated rings. The van der Waals surface area contributed by atoms with Crippen molar-refractivity contribution in [3.8, 4) is 6.07 Å². The quantitative estimate of drug-likeness (QED) is 0.595. The molecule has 0 radical (unpaired) electrons. The Labute approximate surface area is 62.0 Å². The van der Waals surface area contributed by atoms with Crippen LogP contribution in [0.1, 0.15) is 32.1 Å². The molecule has 1 aliphatic carbocycles. The van der Waals surface area contributed by atoms with Crippen LogP contribution >= 0.6 is 0 Å². The zero-order chi connectivity index (χ0) is 7.40. The lowest BCUT2D eigenvalue weighted by Gasteiger charge is -2.22. The van der Waals surface area contributed by atoms with Crippen molar-refractivity contribution in [3.63, 3.8) is 0 Å². The second-order valence-electron chi connectivity index (χ2n) is 3.05. The molecule has 1 atom stereocenters. The molecule has 1 unspecified atom stereocenters. The van der Waals surface area contributed by atoms with Gasteiger partial charge in [-0.2, -0.15) is 5.26 Å². The van der Waals surface area contributed by atoms with Crippen LogP contribution < -0.4 is 5.73 Å².